The number of methoxy groups -OCH3 is 1. The summed E-state index contributed by atoms with van der Waals surface area (Å²) in [6.07, 6.45) is 2.83. The minimum absolute atomic E-state index is 0.0103. The fourth-order valence-electron chi connectivity index (χ4n) is 2.29. The molecule has 0 amide bonds. The number of aromatic hydroxyl groups is 1. The first-order valence-corrected chi connectivity index (χ1v) is 7.21. The first-order chi connectivity index (χ1) is 11.6. The van der Waals surface area contributed by atoms with Gasteiger partial charge in [0.2, 0.25) is 0 Å². The monoisotopic (exact) mass is 322 g/mol. The highest BCUT2D eigenvalue weighted by Crippen LogP contribution is 2.26. The fourth-order valence-corrected chi connectivity index (χ4v) is 2.29. The van der Waals surface area contributed by atoms with Crippen LogP contribution in [0.5, 0.6) is 11.5 Å². The number of benzene rings is 2. The third-order valence-electron chi connectivity index (χ3n) is 3.54. The molecule has 0 bridgehead atoms. The summed E-state index contributed by atoms with van der Waals surface area (Å²) >= 11 is 0. The van der Waals surface area contributed by atoms with Gasteiger partial charge < -0.3 is 14.3 Å². The van der Waals surface area contributed by atoms with Crippen molar-refractivity contribution in [1.29, 1.82) is 0 Å². The van der Waals surface area contributed by atoms with E-state index in [0.29, 0.717) is 22.3 Å². The molecule has 0 fully saturated rings. The molecule has 120 valence electrons. The molecule has 0 spiro atoms. The molecule has 5 nitrogen and oxygen atoms in total. The number of phenolic OH excluding ortho intramolecular Hbond substituents is 1. The fraction of sp³-hybridized carbons (Fsp3) is 0.0526. The number of ketones is 1. The van der Waals surface area contributed by atoms with Gasteiger partial charge in [0.1, 0.15) is 11.1 Å². The lowest BCUT2D eigenvalue weighted by atomic mass is 10.1. The van der Waals surface area contributed by atoms with E-state index in [2.05, 4.69) is 0 Å². The molecule has 0 saturated carbocycles. The van der Waals surface area contributed by atoms with Crippen molar-refractivity contribution in [2.45, 2.75) is 0 Å². The largest absolute Gasteiger partial charge is 0.504 e. The van der Waals surface area contributed by atoms with Gasteiger partial charge in [-0.05, 0) is 35.9 Å². The van der Waals surface area contributed by atoms with Gasteiger partial charge in [-0.1, -0.05) is 30.3 Å². The predicted molar refractivity (Wildman–Crippen MR) is 90.5 cm³/mol. The van der Waals surface area contributed by atoms with E-state index in [1.165, 1.54) is 25.3 Å². The minimum atomic E-state index is -0.674. The minimum Gasteiger partial charge on any atom is -0.504 e. The third-order valence-corrected chi connectivity index (χ3v) is 3.54. The Morgan fingerprint density at radius 2 is 1.96 bits per heavy atom. The quantitative estimate of drug-likeness (QED) is 0.452. The maximum Gasteiger partial charge on any atom is 0.347 e. The van der Waals surface area contributed by atoms with Gasteiger partial charge in [0.15, 0.2) is 17.3 Å². The highest BCUT2D eigenvalue weighted by Gasteiger charge is 2.11. The Hall–Kier alpha value is -3.34. The Bertz CT molecular complexity index is 998. The van der Waals surface area contributed by atoms with E-state index < -0.39 is 11.4 Å². The first kappa shape index (κ1) is 15.6. The Morgan fingerprint density at radius 1 is 1.17 bits per heavy atom. The maximum atomic E-state index is 12.3. The van der Waals surface area contributed by atoms with Gasteiger partial charge in [0.25, 0.3) is 0 Å². The number of allylic oxidation sites excluding steroid dienone is 1. The molecule has 1 N–H and O–H groups in total. The molecule has 3 rings (SSSR count). The van der Waals surface area contributed by atoms with E-state index >= 15 is 0 Å². The summed E-state index contributed by atoms with van der Waals surface area (Å²) in [5.74, 6) is -0.146. The van der Waals surface area contributed by atoms with Crippen LogP contribution in [0.25, 0.3) is 17.0 Å². The van der Waals surface area contributed by atoms with Crippen LogP contribution in [0.4, 0.5) is 0 Å². The second-order valence-corrected chi connectivity index (χ2v) is 5.11. The van der Waals surface area contributed by atoms with Crippen LogP contribution in [0, 0.1) is 0 Å². The lowest BCUT2D eigenvalue weighted by molar-refractivity contribution is 0.104. The third kappa shape index (κ3) is 3.05. The van der Waals surface area contributed by atoms with Gasteiger partial charge in [-0.3, -0.25) is 4.79 Å². The topological polar surface area (TPSA) is 76.7 Å². The van der Waals surface area contributed by atoms with Crippen LogP contribution in [0.15, 0.2) is 63.8 Å². The van der Waals surface area contributed by atoms with Crippen molar-refractivity contribution in [3.05, 3.63) is 76.2 Å². The normalized spacial score (nSPS) is 11.0. The molecule has 0 atom stereocenters. The molecular weight excluding hydrogens is 308 g/mol. The SMILES string of the molecule is COc1cc(C=CC(=O)c2cc3ccccc3oc2=O)ccc1O. The summed E-state index contributed by atoms with van der Waals surface area (Å²) in [4.78, 5) is 24.2. The lowest BCUT2D eigenvalue weighted by Gasteiger charge is -2.03. The number of phenols is 1. The maximum absolute atomic E-state index is 12.3. The molecule has 0 saturated heterocycles. The summed E-state index contributed by atoms with van der Waals surface area (Å²) in [5.41, 5.74) is 0.386. The standard InChI is InChI=1S/C19H14O5/c1-23-18-10-12(7-9-16(18)21)6-8-15(20)14-11-13-4-2-3-5-17(13)24-19(14)22/h2-11,21H,1H3. The Balaban J connectivity index is 1.92. The zero-order valence-corrected chi connectivity index (χ0v) is 12.9. The summed E-state index contributed by atoms with van der Waals surface area (Å²) in [6.45, 7) is 0. The molecule has 0 aliphatic carbocycles. The number of rotatable bonds is 4. The van der Waals surface area contributed by atoms with Crippen LogP contribution in [0.3, 0.4) is 0 Å². The number of carbonyl (C=O) groups excluding carboxylic acids is 1. The average molecular weight is 322 g/mol. The van der Waals surface area contributed by atoms with Crippen molar-refractivity contribution < 1.29 is 19.1 Å². The van der Waals surface area contributed by atoms with Crippen molar-refractivity contribution >= 4 is 22.8 Å². The number of ether oxygens (including phenoxy) is 1. The molecule has 24 heavy (non-hydrogen) atoms. The van der Waals surface area contributed by atoms with Crippen molar-refractivity contribution in [2.75, 3.05) is 7.11 Å². The molecule has 0 aliphatic rings. The predicted octanol–water partition coefficient (Wildman–Crippen LogP) is 3.40. The van der Waals surface area contributed by atoms with Gasteiger partial charge in [0, 0.05) is 5.39 Å². The molecule has 1 aromatic heterocycles. The van der Waals surface area contributed by atoms with Gasteiger partial charge in [0.05, 0.1) is 7.11 Å². The molecule has 0 aliphatic heterocycles. The molecule has 3 aromatic rings. The molecule has 0 unspecified atom stereocenters. The second-order valence-electron chi connectivity index (χ2n) is 5.11. The van der Waals surface area contributed by atoms with Gasteiger partial charge in [-0.25, -0.2) is 4.79 Å². The number of hydrogen-bond acceptors (Lipinski definition) is 5. The van der Waals surface area contributed by atoms with E-state index in [4.69, 9.17) is 9.15 Å². The summed E-state index contributed by atoms with van der Waals surface area (Å²) in [5, 5.41) is 10.2. The zero-order valence-electron chi connectivity index (χ0n) is 12.9. The van der Waals surface area contributed by atoms with E-state index in [9.17, 15) is 14.7 Å². The van der Waals surface area contributed by atoms with E-state index in [0.717, 1.165) is 0 Å². The van der Waals surface area contributed by atoms with Crippen LogP contribution in [-0.4, -0.2) is 18.0 Å². The average Bonchev–Trinajstić information content (AvgIpc) is 2.60. The summed E-state index contributed by atoms with van der Waals surface area (Å²) in [6, 6.07) is 13.2. The van der Waals surface area contributed by atoms with E-state index in [1.54, 1.807) is 42.5 Å². The Morgan fingerprint density at radius 3 is 2.75 bits per heavy atom. The van der Waals surface area contributed by atoms with Gasteiger partial charge in [-0.2, -0.15) is 0 Å². The molecule has 0 radical (unpaired) electrons. The number of para-hydroxylation sites is 1. The Kier molecular flexibility index (Phi) is 4.16. The van der Waals surface area contributed by atoms with E-state index in [1.807, 2.05) is 0 Å². The summed E-state index contributed by atoms with van der Waals surface area (Å²) in [7, 11) is 1.44. The highest BCUT2D eigenvalue weighted by atomic mass is 16.5. The highest BCUT2D eigenvalue weighted by molar-refractivity contribution is 6.07. The van der Waals surface area contributed by atoms with E-state index in [-0.39, 0.29) is 11.3 Å². The Labute approximate surface area is 137 Å². The van der Waals surface area contributed by atoms with Crippen molar-refractivity contribution in [2.24, 2.45) is 0 Å². The van der Waals surface area contributed by atoms with Crippen LogP contribution >= 0.6 is 0 Å². The van der Waals surface area contributed by atoms with Crippen molar-refractivity contribution in [1.82, 2.24) is 0 Å². The van der Waals surface area contributed by atoms with Crippen LogP contribution in [-0.2, 0) is 0 Å². The molecule has 5 heteroatoms. The van der Waals surface area contributed by atoms with Crippen LogP contribution in [0.1, 0.15) is 15.9 Å². The van der Waals surface area contributed by atoms with Crippen LogP contribution in [0.2, 0.25) is 0 Å². The van der Waals surface area contributed by atoms with Crippen molar-refractivity contribution in [3.63, 3.8) is 0 Å². The smallest absolute Gasteiger partial charge is 0.347 e. The molecular formula is C19H14O5. The first-order valence-electron chi connectivity index (χ1n) is 7.21. The zero-order chi connectivity index (χ0) is 17.1. The number of carbonyl (C=O) groups is 1. The van der Waals surface area contributed by atoms with Crippen molar-refractivity contribution in [3.8, 4) is 11.5 Å². The van der Waals surface area contributed by atoms with Gasteiger partial charge >= 0.3 is 5.63 Å². The second kappa shape index (κ2) is 6.42. The number of hydrogen-bond donors (Lipinski definition) is 1. The lowest BCUT2D eigenvalue weighted by Crippen LogP contribution is -2.11. The number of fused-ring (bicyclic) bond motifs is 1. The molecule has 1 heterocycles. The molecule has 2 aromatic carbocycles. The summed E-state index contributed by atoms with van der Waals surface area (Å²) < 4.78 is 10.2. The van der Waals surface area contributed by atoms with Crippen LogP contribution < -0.4 is 10.4 Å². The van der Waals surface area contributed by atoms with Gasteiger partial charge in [-0.15, -0.1) is 0 Å².